The third-order valence-corrected chi connectivity index (χ3v) is 8.10. The van der Waals surface area contributed by atoms with E-state index >= 15 is 0 Å². The van der Waals surface area contributed by atoms with Gasteiger partial charge in [0.15, 0.2) is 0 Å². The highest BCUT2D eigenvalue weighted by molar-refractivity contribution is 5.84. The van der Waals surface area contributed by atoms with Crippen molar-refractivity contribution in [2.75, 3.05) is 16.8 Å². The lowest BCUT2D eigenvalue weighted by Gasteiger charge is -2.26. The van der Waals surface area contributed by atoms with E-state index in [0.717, 1.165) is 46.9 Å². The van der Waals surface area contributed by atoms with Gasteiger partial charge >= 0.3 is 12.4 Å². The molecule has 14 heteroatoms. The molecular formula is C30H31F6N7O. The number of anilines is 2. The van der Waals surface area contributed by atoms with Gasteiger partial charge in [0, 0.05) is 30.1 Å². The Labute approximate surface area is 249 Å². The molecule has 44 heavy (non-hydrogen) atoms. The molecule has 0 atom stereocenters. The van der Waals surface area contributed by atoms with E-state index in [0.29, 0.717) is 35.3 Å². The minimum absolute atomic E-state index is 0.0106. The first-order chi connectivity index (χ1) is 20.9. The molecule has 0 unspecified atom stereocenters. The van der Waals surface area contributed by atoms with E-state index in [1.807, 2.05) is 31.2 Å². The number of nitrogens with one attached hydrogen (secondary N) is 1. The van der Waals surface area contributed by atoms with Crippen molar-refractivity contribution in [1.82, 2.24) is 25.2 Å². The van der Waals surface area contributed by atoms with Crippen LogP contribution in [0.25, 0.3) is 10.9 Å². The normalized spacial score (nSPS) is 15.8. The molecule has 4 aromatic rings. The fourth-order valence-electron chi connectivity index (χ4n) is 5.60. The number of pyridine rings is 1. The molecule has 234 valence electrons. The molecule has 0 radical (unpaired) electrons. The summed E-state index contributed by atoms with van der Waals surface area (Å²) in [6, 6.07) is 9.45. The summed E-state index contributed by atoms with van der Waals surface area (Å²) < 4.78 is 82.0. The Kier molecular flexibility index (Phi) is 7.89. The molecular weight excluding hydrogens is 588 g/mol. The standard InChI is InChI=1S/C30H31F6N7O/c1-17-3-2-4-21-13-22(27(37-25(17)21)38-26(19-5-6-19)20-7-8-20)16-42(28-39-41-43(40-28)9-10-44)15-18-11-23(29(31,32)33)14-24(12-18)30(34,35)36/h2-4,11-14,19-20,26,44H,5-10,15-16H2,1H3,(H,37,38). The van der Waals surface area contributed by atoms with Crippen molar-refractivity contribution in [3.05, 3.63) is 70.3 Å². The van der Waals surface area contributed by atoms with Crippen molar-refractivity contribution in [3.63, 3.8) is 0 Å². The predicted octanol–water partition coefficient (Wildman–Crippen LogP) is 6.37. The number of hydrogen-bond donors (Lipinski definition) is 2. The molecule has 0 spiro atoms. The minimum Gasteiger partial charge on any atom is -0.394 e. The molecule has 2 aromatic carbocycles. The first-order valence-corrected chi connectivity index (χ1v) is 14.5. The Morgan fingerprint density at radius 2 is 1.61 bits per heavy atom. The SMILES string of the molecule is Cc1cccc2cc(CN(Cc3cc(C(F)(F)F)cc(C(F)(F)F)c3)c3nnn(CCO)n3)c(NC(C3CC3)C3CC3)nc12. The summed E-state index contributed by atoms with van der Waals surface area (Å²) in [6.45, 7) is 1.32. The van der Waals surface area contributed by atoms with E-state index in [4.69, 9.17) is 4.98 Å². The van der Waals surface area contributed by atoms with E-state index in [-0.39, 0.29) is 49.9 Å². The van der Waals surface area contributed by atoms with Crippen LogP contribution in [0.1, 0.15) is 53.5 Å². The number of aliphatic hydroxyl groups is 1. The van der Waals surface area contributed by atoms with Gasteiger partial charge in [-0.2, -0.15) is 31.1 Å². The van der Waals surface area contributed by atoms with Crippen molar-refractivity contribution < 1.29 is 31.4 Å². The molecule has 8 nitrogen and oxygen atoms in total. The van der Waals surface area contributed by atoms with Crippen molar-refractivity contribution >= 4 is 22.7 Å². The number of nitrogens with zero attached hydrogens (tertiary/aromatic N) is 6. The lowest BCUT2D eigenvalue weighted by Crippen LogP contribution is -2.28. The molecule has 2 aromatic heterocycles. The van der Waals surface area contributed by atoms with Gasteiger partial charge in [0.2, 0.25) is 0 Å². The third kappa shape index (κ3) is 6.74. The van der Waals surface area contributed by atoms with Gasteiger partial charge in [-0.3, -0.25) is 0 Å². The summed E-state index contributed by atoms with van der Waals surface area (Å²) in [4.78, 5) is 7.58. The maximum absolute atomic E-state index is 13.7. The highest BCUT2D eigenvalue weighted by atomic mass is 19.4. The number of tetrazole rings is 1. The van der Waals surface area contributed by atoms with Crippen LogP contribution in [0.15, 0.2) is 42.5 Å². The lowest BCUT2D eigenvalue weighted by molar-refractivity contribution is -0.143. The topological polar surface area (TPSA) is 92.0 Å². The van der Waals surface area contributed by atoms with Crippen molar-refractivity contribution in [1.29, 1.82) is 0 Å². The number of halogens is 6. The van der Waals surface area contributed by atoms with Crippen molar-refractivity contribution in [2.24, 2.45) is 11.8 Å². The number of fused-ring (bicyclic) bond motifs is 1. The number of aryl methyl sites for hydroxylation is 1. The lowest BCUT2D eigenvalue weighted by atomic mass is 10.0. The zero-order chi connectivity index (χ0) is 31.2. The molecule has 0 bridgehead atoms. The zero-order valence-corrected chi connectivity index (χ0v) is 23.8. The maximum Gasteiger partial charge on any atom is 0.416 e. The summed E-state index contributed by atoms with van der Waals surface area (Å²) in [5, 5.41) is 26.0. The van der Waals surface area contributed by atoms with Crippen LogP contribution in [-0.4, -0.2) is 42.9 Å². The van der Waals surface area contributed by atoms with E-state index in [1.54, 1.807) is 0 Å². The van der Waals surface area contributed by atoms with Gasteiger partial charge < -0.3 is 15.3 Å². The average molecular weight is 620 g/mol. The third-order valence-electron chi connectivity index (χ3n) is 8.10. The summed E-state index contributed by atoms with van der Waals surface area (Å²) in [5.74, 6) is 1.67. The van der Waals surface area contributed by atoms with E-state index < -0.39 is 23.5 Å². The second kappa shape index (κ2) is 11.5. The summed E-state index contributed by atoms with van der Waals surface area (Å²) in [7, 11) is 0. The van der Waals surface area contributed by atoms with Gasteiger partial charge in [0.1, 0.15) is 5.82 Å². The average Bonchev–Trinajstić information content (AvgIpc) is 3.90. The van der Waals surface area contributed by atoms with Gasteiger partial charge in [0.25, 0.3) is 5.95 Å². The minimum atomic E-state index is -4.98. The van der Waals surface area contributed by atoms with Crippen LogP contribution in [0.4, 0.5) is 38.1 Å². The Balaban J connectivity index is 1.42. The summed E-state index contributed by atoms with van der Waals surface area (Å²) in [5.41, 5.74) is -0.562. The largest absolute Gasteiger partial charge is 0.416 e. The number of rotatable bonds is 11. The first kappa shape index (κ1) is 30.1. The molecule has 2 fully saturated rings. The Morgan fingerprint density at radius 3 is 2.20 bits per heavy atom. The van der Waals surface area contributed by atoms with Gasteiger partial charge in [-0.15, -0.1) is 5.10 Å². The monoisotopic (exact) mass is 619 g/mol. The first-order valence-electron chi connectivity index (χ1n) is 14.5. The number of aromatic nitrogens is 5. The fourth-order valence-corrected chi connectivity index (χ4v) is 5.60. The Hall–Kier alpha value is -3.94. The highest BCUT2D eigenvalue weighted by Gasteiger charge is 2.42. The summed E-state index contributed by atoms with van der Waals surface area (Å²) in [6.07, 6.45) is -5.48. The Morgan fingerprint density at radius 1 is 0.955 bits per heavy atom. The second-order valence-electron chi connectivity index (χ2n) is 11.7. The number of benzene rings is 2. The molecule has 2 heterocycles. The quantitative estimate of drug-likeness (QED) is 0.189. The molecule has 2 aliphatic carbocycles. The number of aliphatic hydroxyl groups excluding tert-OH is 1. The van der Waals surface area contributed by atoms with E-state index in [1.165, 1.54) is 4.90 Å². The maximum atomic E-state index is 13.7. The van der Waals surface area contributed by atoms with Crippen LogP contribution in [0.3, 0.4) is 0 Å². The molecule has 0 aliphatic heterocycles. The summed E-state index contributed by atoms with van der Waals surface area (Å²) >= 11 is 0. The van der Waals surface area contributed by atoms with Crippen molar-refractivity contribution in [2.45, 2.75) is 70.6 Å². The van der Waals surface area contributed by atoms with Gasteiger partial charge in [0.05, 0.1) is 29.8 Å². The van der Waals surface area contributed by atoms with Crippen LogP contribution >= 0.6 is 0 Å². The van der Waals surface area contributed by atoms with Gasteiger partial charge in [-0.05, 0) is 85.0 Å². The van der Waals surface area contributed by atoms with E-state index in [9.17, 15) is 31.4 Å². The fraction of sp³-hybridized carbons (Fsp3) is 0.467. The van der Waals surface area contributed by atoms with Crippen LogP contribution in [0.5, 0.6) is 0 Å². The van der Waals surface area contributed by atoms with Crippen LogP contribution in [-0.2, 0) is 32.0 Å². The smallest absolute Gasteiger partial charge is 0.394 e. The number of hydrogen-bond acceptors (Lipinski definition) is 7. The van der Waals surface area contributed by atoms with Crippen LogP contribution in [0.2, 0.25) is 0 Å². The molecule has 2 saturated carbocycles. The Bertz CT molecular complexity index is 1600. The van der Waals surface area contributed by atoms with Crippen LogP contribution < -0.4 is 10.2 Å². The molecule has 2 aliphatic rings. The zero-order valence-electron chi connectivity index (χ0n) is 23.8. The van der Waals surface area contributed by atoms with Crippen LogP contribution in [0, 0.1) is 18.8 Å². The van der Waals surface area contributed by atoms with E-state index in [2.05, 4.69) is 20.7 Å². The molecule has 0 amide bonds. The van der Waals surface area contributed by atoms with Gasteiger partial charge in [-0.25, -0.2) is 4.98 Å². The molecule has 0 saturated heterocycles. The number of alkyl halides is 6. The second-order valence-corrected chi connectivity index (χ2v) is 11.7. The highest BCUT2D eigenvalue weighted by Crippen LogP contribution is 2.46. The molecule has 6 rings (SSSR count). The van der Waals surface area contributed by atoms with Crippen molar-refractivity contribution in [3.8, 4) is 0 Å². The number of para-hydroxylation sites is 1. The predicted molar refractivity (Wildman–Crippen MR) is 151 cm³/mol. The van der Waals surface area contributed by atoms with Gasteiger partial charge in [-0.1, -0.05) is 23.3 Å². The molecule has 2 N–H and O–H groups in total.